The molecule has 0 spiro atoms. The maximum atomic E-state index is 11.1. The molecule has 0 aliphatic heterocycles. The maximum Gasteiger partial charge on any atom is 0.343 e. The summed E-state index contributed by atoms with van der Waals surface area (Å²) in [6, 6.07) is 0.361. The first kappa shape index (κ1) is 12.3. The van der Waals surface area contributed by atoms with E-state index in [1.807, 2.05) is 0 Å². The first-order valence-electron chi connectivity index (χ1n) is 6.22. The number of aromatic nitrogens is 3. The highest BCUT2D eigenvalue weighted by Gasteiger charge is 2.18. The zero-order valence-corrected chi connectivity index (χ0v) is 9.97. The second-order valence-electron chi connectivity index (χ2n) is 4.62. The van der Waals surface area contributed by atoms with Gasteiger partial charge in [-0.05, 0) is 32.1 Å². The Morgan fingerprint density at radius 1 is 1.47 bits per heavy atom. The number of rotatable bonds is 5. The molecule has 17 heavy (non-hydrogen) atoms. The lowest BCUT2D eigenvalue weighted by molar-refractivity contribution is 0.0224. The molecule has 6 heteroatoms. The molecular weight excluding hydrogens is 220 g/mol. The summed E-state index contributed by atoms with van der Waals surface area (Å²) in [6.45, 7) is 1.35. The fraction of sp³-hybridized carbons (Fsp3) is 0.818. The predicted octanol–water partition coefficient (Wildman–Crippen LogP) is 0.248. The van der Waals surface area contributed by atoms with Crippen molar-refractivity contribution in [2.45, 2.75) is 50.8 Å². The normalized spacial score (nSPS) is 25.0. The van der Waals surface area contributed by atoms with Crippen molar-refractivity contribution in [2.75, 3.05) is 6.61 Å². The molecule has 1 aliphatic rings. The van der Waals surface area contributed by atoms with Crippen LogP contribution in [0, 0.1) is 0 Å². The molecule has 3 N–H and O–H groups in total. The van der Waals surface area contributed by atoms with Crippen LogP contribution >= 0.6 is 0 Å². The smallest absolute Gasteiger partial charge is 0.343 e. The number of nitrogens with one attached hydrogen (secondary N) is 1. The van der Waals surface area contributed by atoms with Gasteiger partial charge in [0.05, 0.1) is 6.10 Å². The van der Waals surface area contributed by atoms with Gasteiger partial charge >= 0.3 is 5.69 Å². The Bertz CT molecular complexity index is 379. The van der Waals surface area contributed by atoms with Crippen molar-refractivity contribution < 1.29 is 4.74 Å². The lowest BCUT2D eigenvalue weighted by atomic mass is 9.94. The van der Waals surface area contributed by atoms with Crippen molar-refractivity contribution in [3.05, 3.63) is 16.8 Å². The van der Waals surface area contributed by atoms with E-state index in [9.17, 15) is 4.79 Å². The Morgan fingerprint density at radius 3 is 2.88 bits per heavy atom. The van der Waals surface area contributed by atoms with E-state index in [4.69, 9.17) is 10.5 Å². The number of ether oxygens (including phenoxy) is 1. The van der Waals surface area contributed by atoms with Crippen LogP contribution in [0.3, 0.4) is 0 Å². The lowest BCUT2D eigenvalue weighted by Gasteiger charge is -2.26. The Kier molecular flexibility index (Phi) is 4.33. The number of hydrogen-bond donors (Lipinski definition) is 2. The molecule has 1 fully saturated rings. The lowest BCUT2D eigenvalue weighted by Crippen LogP contribution is -2.30. The first-order valence-corrected chi connectivity index (χ1v) is 6.22. The molecule has 1 heterocycles. The van der Waals surface area contributed by atoms with E-state index in [1.54, 1.807) is 4.57 Å². The first-order chi connectivity index (χ1) is 8.25. The molecule has 0 bridgehead atoms. The van der Waals surface area contributed by atoms with E-state index in [-0.39, 0.29) is 5.69 Å². The minimum absolute atomic E-state index is 0.159. The largest absolute Gasteiger partial charge is 0.378 e. The SMILES string of the molecule is NC1CCC(OCCCn2cn[nH]c2=O)CC1. The van der Waals surface area contributed by atoms with Gasteiger partial charge in [0.25, 0.3) is 0 Å². The molecule has 1 aromatic rings. The Morgan fingerprint density at radius 2 is 2.24 bits per heavy atom. The molecule has 1 saturated carbocycles. The summed E-state index contributed by atoms with van der Waals surface area (Å²) in [5.41, 5.74) is 5.67. The van der Waals surface area contributed by atoms with Crippen LogP contribution in [0.4, 0.5) is 0 Å². The van der Waals surface area contributed by atoms with E-state index in [1.165, 1.54) is 6.33 Å². The molecule has 0 aromatic carbocycles. The predicted molar refractivity (Wildman–Crippen MR) is 63.6 cm³/mol. The minimum Gasteiger partial charge on any atom is -0.378 e. The van der Waals surface area contributed by atoms with Gasteiger partial charge in [0, 0.05) is 19.2 Å². The van der Waals surface area contributed by atoms with Crippen LogP contribution in [0.2, 0.25) is 0 Å². The maximum absolute atomic E-state index is 11.1. The van der Waals surface area contributed by atoms with Crippen LogP contribution in [-0.4, -0.2) is 33.5 Å². The second-order valence-corrected chi connectivity index (χ2v) is 4.62. The quantitative estimate of drug-likeness (QED) is 0.722. The molecule has 96 valence electrons. The highest BCUT2D eigenvalue weighted by Crippen LogP contribution is 2.19. The van der Waals surface area contributed by atoms with Gasteiger partial charge < -0.3 is 10.5 Å². The summed E-state index contributed by atoms with van der Waals surface area (Å²) in [5.74, 6) is 0. The number of aryl methyl sites for hydroxylation is 1. The fourth-order valence-corrected chi connectivity index (χ4v) is 2.17. The summed E-state index contributed by atoms with van der Waals surface area (Å²) >= 11 is 0. The van der Waals surface area contributed by atoms with E-state index in [2.05, 4.69) is 10.2 Å². The zero-order valence-electron chi connectivity index (χ0n) is 9.97. The van der Waals surface area contributed by atoms with E-state index >= 15 is 0 Å². The number of hydrogen-bond acceptors (Lipinski definition) is 4. The number of nitrogens with zero attached hydrogens (tertiary/aromatic N) is 2. The van der Waals surface area contributed by atoms with Crippen LogP contribution in [0.25, 0.3) is 0 Å². The van der Waals surface area contributed by atoms with Crippen molar-refractivity contribution >= 4 is 0 Å². The molecule has 1 aliphatic carbocycles. The van der Waals surface area contributed by atoms with Gasteiger partial charge in [-0.15, -0.1) is 0 Å². The highest BCUT2D eigenvalue weighted by molar-refractivity contribution is 4.74. The van der Waals surface area contributed by atoms with Crippen molar-refractivity contribution in [1.29, 1.82) is 0 Å². The van der Waals surface area contributed by atoms with Crippen LogP contribution in [0.15, 0.2) is 11.1 Å². The van der Waals surface area contributed by atoms with Crippen molar-refractivity contribution in [3.8, 4) is 0 Å². The van der Waals surface area contributed by atoms with E-state index < -0.39 is 0 Å². The van der Waals surface area contributed by atoms with Gasteiger partial charge in [0.2, 0.25) is 0 Å². The number of H-pyrrole nitrogens is 1. The van der Waals surface area contributed by atoms with Crippen LogP contribution in [0.1, 0.15) is 32.1 Å². The molecule has 0 atom stereocenters. The monoisotopic (exact) mass is 240 g/mol. The summed E-state index contributed by atoms with van der Waals surface area (Å²) in [4.78, 5) is 11.1. The zero-order chi connectivity index (χ0) is 12.1. The van der Waals surface area contributed by atoms with Gasteiger partial charge in [-0.2, -0.15) is 5.10 Å². The van der Waals surface area contributed by atoms with Crippen LogP contribution < -0.4 is 11.4 Å². The van der Waals surface area contributed by atoms with E-state index in [0.29, 0.717) is 25.3 Å². The van der Waals surface area contributed by atoms with Crippen molar-refractivity contribution in [1.82, 2.24) is 14.8 Å². The van der Waals surface area contributed by atoms with Crippen molar-refractivity contribution in [3.63, 3.8) is 0 Å². The molecule has 6 nitrogen and oxygen atoms in total. The van der Waals surface area contributed by atoms with Gasteiger partial charge in [0.15, 0.2) is 0 Å². The topological polar surface area (TPSA) is 85.9 Å². The molecule has 0 saturated heterocycles. The number of nitrogens with two attached hydrogens (primary N) is 1. The third-order valence-electron chi connectivity index (χ3n) is 3.23. The van der Waals surface area contributed by atoms with Gasteiger partial charge in [0.1, 0.15) is 6.33 Å². The summed E-state index contributed by atoms with van der Waals surface area (Å²) in [5, 5.41) is 6.04. The fourth-order valence-electron chi connectivity index (χ4n) is 2.17. The molecule has 0 unspecified atom stereocenters. The van der Waals surface area contributed by atoms with E-state index in [0.717, 1.165) is 32.1 Å². The Balaban J connectivity index is 1.60. The molecule has 0 radical (unpaired) electrons. The van der Waals surface area contributed by atoms with Crippen LogP contribution in [-0.2, 0) is 11.3 Å². The van der Waals surface area contributed by atoms with Crippen LogP contribution in [0.5, 0.6) is 0 Å². The highest BCUT2D eigenvalue weighted by atomic mass is 16.5. The van der Waals surface area contributed by atoms with Gasteiger partial charge in [-0.3, -0.25) is 4.57 Å². The summed E-state index contributed by atoms with van der Waals surface area (Å²) in [7, 11) is 0. The van der Waals surface area contributed by atoms with Gasteiger partial charge in [-0.1, -0.05) is 0 Å². The summed E-state index contributed by atoms with van der Waals surface area (Å²) in [6.07, 6.45) is 6.96. The third-order valence-corrected chi connectivity index (χ3v) is 3.23. The average Bonchev–Trinajstić information content (AvgIpc) is 2.73. The third kappa shape index (κ3) is 3.67. The molecule has 0 amide bonds. The minimum atomic E-state index is -0.159. The van der Waals surface area contributed by atoms with Crippen molar-refractivity contribution in [2.24, 2.45) is 5.73 Å². The Hall–Kier alpha value is -1.14. The Labute approximate surface area is 100 Å². The average molecular weight is 240 g/mol. The molecule has 1 aromatic heterocycles. The standard InChI is InChI=1S/C11H20N4O2/c12-9-2-4-10(5-3-9)17-7-1-6-15-8-13-14-11(15)16/h8-10H,1-7,12H2,(H,14,16). The number of aromatic amines is 1. The molecule has 2 rings (SSSR count). The van der Waals surface area contributed by atoms with Gasteiger partial charge in [-0.25, -0.2) is 9.89 Å². The second kappa shape index (κ2) is 5.97. The molecular formula is C11H20N4O2. The summed E-state index contributed by atoms with van der Waals surface area (Å²) < 4.78 is 7.32.